The zero-order chi connectivity index (χ0) is 29.5. The first-order valence-electron chi connectivity index (χ1n) is 15.5. The van der Waals surface area contributed by atoms with Crippen LogP contribution in [0.5, 0.6) is 0 Å². The molecule has 1 radical (unpaired) electrons. The van der Waals surface area contributed by atoms with Crippen molar-refractivity contribution in [2.75, 3.05) is 0 Å². The van der Waals surface area contributed by atoms with Gasteiger partial charge in [0.15, 0.2) is 0 Å². The van der Waals surface area contributed by atoms with Crippen molar-refractivity contribution in [3.8, 4) is 44.6 Å². The average Bonchev–Trinajstić information content (AvgIpc) is 3.09. The van der Waals surface area contributed by atoms with E-state index < -0.39 is 0 Å². The molecule has 0 bridgehead atoms. The maximum absolute atomic E-state index is 4.51. The van der Waals surface area contributed by atoms with Crippen LogP contribution in [-0.4, -0.2) is 4.98 Å². The van der Waals surface area contributed by atoms with Gasteiger partial charge in [0.2, 0.25) is 0 Å². The number of pyridine rings is 1. The van der Waals surface area contributed by atoms with Crippen LogP contribution in [0.2, 0.25) is 0 Å². The Hall–Kier alpha value is -4.10. The first-order chi connectivity index (χ1) is 21.2. The summed E-state index contributed by atoms with van der Waals surface area (Å²) in [5.74, 6) is 0. The molecule has 0 unspecified atom stereocenters. The van der Waals surface area contributed by atoms with Gasteiger partial charge in [0.05, 0.1) is 0 Å². The van der Waals surface area contributed by atoms with Crippen LogP contribution in [-0.2, 0) is 25.5 Å². The number of nitrogens with zero attached hydrogens (tertiary/aromatic N) is 1. The summed E-state index contributed by atoms with van der Waals surface area (Å²) >= 11 is 0. The van der Waals surface area contributed by atoms with Gasteiger partial charge in [-0.2, -0.15) is 0 Å². The smallest absolute Gasteiger partial charge is 0.0202 e. The Balaban J connectivity index is 0.00000384. The minimum atomic E-state index is 0. The molecular formula is C42H38IrN-. The largest absolute Gasteiger partial charge is 0.305 e. The van der Waals surface area contributed by atoms with Crippen molar-refractivity contribution in [1.29, 1.82) is 0 Å². The second kappa shape index (κ2) is 14.6. The van der Waals surface area contributed by atoms with Crippen LogP contribution >= 0.6 is 0 Å². The molecule has 6 rings (SSSR count). The van der Waals surface area contributed by atoms with Gasteiger partial charge >= 0.3 is 0 Å². The van der Waals surface area contributed by atoms with E-state index in [1.807, 2.05) is 30.5 Å². The van der Waals surface area contributed by atoms with Gasteiger partial charge in [-0.1, -0.05) is 130 Å². The Labute approximate surface area is 276 Å². The van der Waals surface area contributed by atoms with Crippen molar-refractivity contribution in [3.05, 3.63) is 163 Å². The summed E-state index contributed by atoms with van der Waals surface area (Å²) < 4.78 is 0. The number of rotatable bonds is 10. The average molecular weight is 749 g/mol. The molecule has 0 amide bonds. The Morgan fingerprint density at radius 1 is 0.523 bits per heavy atom. The maximum atomic E-state index is 4.51. The van der Waals surface area contributed by atoms with Gasteiger partial charge in [-0.25, -0.2) is 0 Å². The Morgan fingerprint density at radius 3 is 1.61 bits per heavy atom. The molecule has 5 aromatic carbocycles. The van der Waals surface area contributed by atoms with E-state index in [4.69, 9.17) is 0 Å². The Kier molecular flexibility index (Phi) is 10.4. The summed E-state index contributed by atoms with van der Waals surface area (Å²) in [5, 5.41) is 0. The van der Waals surface area contributed by atoms with Crippen LogP contribution < -0.4 is 0 Å². The molecule has 0 fully saturated rings. The topological polar surface area (TPSA) is 12.9 Å². The predicted octanol–water partition coefficient (Wildman–Crippen LogP) is 11.4. The monoisotopic (exact) mass is 749 g/mol. The van der Waals surface area contributed by atoms with E-state index in [1.165, 1.54) is 38.9 Å². The quantitative estimate of drug-likeness (QED) is 0.127. The molecule has 0 saturated heterocycles. The molecule has 2 heteroatoms. The fourth-order valence-corrected chi connectivity index (χ4v) is 6.55. The van der Waals surface area contributed by atoms with Crippen LogP contribution in [0, 0.1) is 6.07 Å². The van der Waals surface area contributed by atoms with E-state index in [0.29, 0.717) is 0 Å². The third-order valence-corrected chi connectivity index (χ3v) is 8.56. The summed E-state index contributed by atoms with van der Waals surface area (Å²) in [4.78, 5) is 4.51. The maximum Gasteiger partial charge on any atom is 0.0202 e. The molecule has 0 aliphatic rings. The molecule has 44 heavy (non-hydrogen) atoms. The van der Waals surface area contributed by atoms with Gasteiger partial charge in [-0.15, -0.1) is 35.4 Å². The molecule has 221 valence electrons. The van der Waals surface area contributed by atoms with E-state index >= 15 is 0 Å². The van der Waals surface area contributed by atoms with E-state index in [1.54, 1.807) is 0 Å². The van der Waals surface area contributed by atoms with Gasteiger partial charge < -0.3 is 4.98 Å². The van der Waals surface area contributed by atoms with Gasteiger partial charge in [0.25, 0.3) is 0 Å². The summed E-state index contributed by atoms with van der Waals surface area (Å²) in [5.41, 5.74) is 12.1. The van der Waals surface area contributed by atoms with Crippen molar-refractivity contribution < 1.29 is 20.1 Å². The first kappa shape index (κ1) is 31.3. The molecule has 0 N–H and O–H groups in total. The van der Waals surface area contributed by atoms with Gasteiger partial charge in [0, 0.05) is 31.7 Å². The molecule has 1 aromatic heterocycles. The van der Waals surface area contributed by atoms with Gasteiger partial charge in [0.1, 0.15) is 0 Å². The second-order valence-electron chi connectivity index (χ2n) is 11.4. The van der Waals surface area contributed by atoms with E-state index in [2.05, 4.69) is 140 Å². The predicted molar refractivity (Wildman–Crippen MR) is 182 cm³/mol. The summed E-state index contributed by atoms with van der Waals surface area (Å²) in [6.07, 6.45) is 6.40. The first-order valence-corrected chi connectivity index (χ1v) is 15.5. The molecular weight excluding hydrogens is 711 g/mol. The number of benzene rings is 5. The Morgan fingerprint density at radius 2 is 1.05 bits per heavy atom. The molecule has 0 aliphatic heterocycles. The summed E-state index contributed by atoms with van der Waals surface area (Å²) in [6, 6.07) is 53.8. The minimum Gasteiger partial charge on any atom is -0.305 e. The van der Waals surface area contributed by atoms with Crippen LogP contribution in [0.15, 0.2) is 146 Å². The SMILES string of the molecule is CCCC(CCC)(c1ccccc1)c1cccc(-c2cccc(-c3cccc(-c4cc[c-]c(-c5ccccn5)c4)c3)c2)c1.[Ir]. The van der Waals surface area contributed by atoms with Gasteiger partial charge in [-0.3, -0.25) is 0 Å². The van der Waals surface area contributed by atoms with Gasteiger partial charge in [-0.05, 0) is 75.7 Å². The summed E-state index contributed by atoms with van der Waals surface area (Å²) in [7, 11) is 0. The fraction of sp³-hybridized carbons (Fsp3) is 0.167. The van der Waals surface area contributed by atoms with Crippen molar-refractivity contribution in [2.24, 2.45) is 0 Å². The van der Waals surface area contributed by atoms with Crippen molar-refractivity contribution in [3.63, 3.8) is 0 Å². The zero-order valence-corrected chi connectivity index (χ0v) is 27.9. The molecule has 0 saturated carbocycles. The standard InChI is InChI=1S/C42H38N.Ir/c1-3-25-42(26-4-2,39-21-6-5-7-22-39)40-23-13-19-37(31-40)35-17-11-15-33(29-35)32-14-10-16-34(28-32)36-18-12-20-38(30-36)41-24-8-9-27-43-41;/h5-19,21-24,27-31H,3-4,25-26H2,1-2H3;/q-1;. The molecule has 0 spiro atoms. The number of aromatic nitrogens is 1. The van der Waals surface area contributed by atoms with Crippen LogP contribution in [0.4, 0.5) is 0 Å². The summed E-state index contributed by atoms with van der Waals surface area (Å²) in [6.45, 7) is 4.61. The van der Waals surface area contributed by atoms with Crippen molar-refractivity contribution >= 4 is 0 Å². The number of hydrogen-bond donors (Lipinski definition) is 0. The minimum absolute atomic E-state index is 0. The van der Waals surface area contributed by atoms with Crippen LogP contribution in [0.3, 0.4) is 0 Å². The van der Waals surface area contributed by atoms with Crippen LogP contribution in [0.25, 0.3) is 44.6 Å². The Bertz CT molecular complexity index is 1790. The molecule has 0 aliphatic carbocycles. The second-order valence-corrected chi connectivity index (χ2v) is 11.4. The molecule has 1 heterocycles. The third kappa shape index (κ3) is 6.68. The van der Waals surface area contributed by atoms with E-state index in [-0.39, 0.29) is 25.5 Å². The molecule has 1 nitrogen and oxygen atoms in total. The normalized spacial score (nSPS) is 11.1. The fourth-order valence-electron chi connectivity index (χ4n) is 6.55. The molecule has 0 atom stereocenters. The van der Waals surface area contributed by atoms with E-state index in [9.17, 15) is 0 Å². The van der Waals surface area contributed by atoms with Crippen molar-refractivity contribution in [1.82, 2.24) is 4.98 Å². The van der Waals surface area contributed by atoms with E-state index in [0.717, 1.165) is 42.5 Å². The van der Waals surface area contributed by atoms with Crippen molar-refractivity contribution in [2.45, 2.75) is 44.9 Å². The third-order valence-electron chi connectivity index (χ3n) is 8.56. The number of hydrogen-bond acceptors (Lipinski definition) is 1. The zero-order valence-electron chi connectivity index (χ0n) is 25.5. The molecule has 6 aromatic rings. The van der Waals surface area contributed by atoms with Crippen LogP contribution in [0.1, 0.15) is 50.7 Å².